The number of rotatable bonds is 5. The van der Waals surface area contributed by atoms with Crippen molar-refractivity contribution < 1.29 is 13.2 Å². The van der Waals surface area contributed by atoms with Gasteiger partial charge in [0.05, 0.1) is 16.9 Å². The molecule has 156 valence electrons. The van der Waals surface area contributed by atoms with Gasteiger partial charge < -0.3 is 5.32 Å². The van der Waals surface area contributed by atoms with Crippen molar-refractivity contribution in [1.82, 2.24) is 9.62 Å². The summed E-state index contributed by atoms with van der Waals surface area (Å²) in [7, 11) is -3.58. The minimum atomic E-state index is -3.58. The van der Waals surface area contributed by atoms with Gasteiger partial charge in [-0.3, -0.25) is 4.79 Å². The zero-order valence-corrected chi connectivity index (χ0v) is 18.4. The van der Waals surface area contributed by atoms with E-state index < -0.39 is 10.0 Å². The van der Waals surface area contributed by atoms with Crippen LogP contribution in [-0.4, -0.2) is 31.7 Å². The van der Waals surface area contributed by atoms with Gasteiger partial charge in [0.2, 0.25) is 15.9 Å². The molecule has 0 unspecified atom stereocenters. The van der Waals surface area contributed by atoms with E-state index in [1.807, 2.05) is 19.9 Å². The quantitative estimate of drug-likeness (QED) is 0.807. The highest BCUT2D eigenvalue weighted by Crippen LogP contribution is 2.25. The van der Waals surface area contributed by atoms with Crippen molar-refractivity contribution in [3.63, 3.8) is 0 Å². The van der Waals surface area contributed by atoms with Crippen LogP contribution >= 0.6 is 0 Å². The third-order valence-electron chi connectivity index (χ3n) is 5.80. The van der Waals surface area contributed by atoms with Crippen LogP contribution in [0.25, 0.3) is 0 Å². The number of carbonyl (C=O) groups is 1. The van der Waals surface area contributed by atoms with Crippen molar-refractivity contribution in [2.75, 3.05) is 13.1 Å². The molecule has 1 N–H and O–H groups in total. The maximum absolute atomic E-state index is 13.0. The van der Waals surface area contributed by atoms with Crippen molar-refractivity contribution >= 4 is 15.9 Å². The lowest BCUT2D eigenvalue weighted by atomic mass is 9.97. The third kappa shape index (κ3) is 4.87. The predicted molar refractivity (Wildman–Crippen MR) is 115 cm³/mol. The summed E-state index contributed by atoms with van der Waals surface area (Å²) in [6.07, 6.45) is 1.38. The molecular formula is C23H30N2O3S. The van der Waals surface area contributed by atoms with E-state index in [0.717, 1.165) is 11.1 Å². The summed E-state index contributed by atoms with van der Waals surface area (Å²) in [5, 5.41) is 3.07. The summed E-state index contributed by atoms with van der Waals surface area (Å²) in [6, 6.07) is 12.9. The normalized spacial score (nSPS) is 19.0. The smallest absolute Gasteiger partial charge is 0.243 e. The molecule has 0 radical (unpaired) electrons. The molecule has 0 bridgehead atoms. The summed E-state index contributed by atoms with van der Waals surface area (Å²) in [6.45, 7) is 8.68. The number of nitrogens with one attached hydrogen (secondary N) is 1. The Hall–Kier alpha value is -2.18. The Kier molecular flexibility index (Phi) is 6.44. The number of piperidine rings is 1. The Balaban J connectivity index is 1.68. The Morgan fingerprint density at radius 1 is 1.07 bits per heavy atom. The maximum Gasteiger partial charge on any atom is 0.243 e. The van der Waals surface area contributed by atoms with E-state index in [-0.39, 0.29) is 29.3 Å². The van der Waals surface area contributed by atoms with Crippen LogP contribution in [0.1, 0.15) is 48.1 Å². The standard InChI is InChI=1S/C23H30N2O3S/c1-16-7-11-22(12-8-16)29(27,28)25-13-5-6-21(15-25)23(26)24-19(4)20-10-9-17(2)18(3)14-20/h7-12,14,19,21H,5-6,13,15H2,1-4H3,(H,24,26)/t19-,21-/m0/s1. The minimum Gasteiger partial charge on any atom is -0.349 e. The number of benzene rings is 2. The number of hydrogen-bond acceptors (Lipinski definition) is 3. The zero-order chi connectivity index (χ0) is 21.2. The van der Waals surface area contributed by atoms with Crippen LogP contribution in [0.5, 0.6) is 0 Å². The molecule has 1 amide bonds. The van der Waals surface area contributed by atoms with E-state index in [1.54, 1.807) is 24.3 Å². The fourth-order valence-electron chi connectivity index (χ4n) is 3.68. The van der Waals surface area contributed by atoms with E-state index in [9.17, 15) is 13.2 Å². The first-order chi connectivity index (χ1) is 13.7. The number of sulfonamides is 1. The van der Waals surface area contributed by atoms with Gasteiger partial charge in [-0.15, -0.1) is 0 Å². The van der Waals surface area contributed by atoms with Gasteiger partial charge in [-0.25, -0.2) is 8.42 Å². The molecular weight excluding hydrogens is 384 g/mol. The molecule has 5 nitrogen and oxygen atoms in total. The largest absolute Gasteiger partial charge is 0.349 e. The molecule has 0 aliphatic carbocycles. The maximum atomic E-state index is 13.0. The highest BCUT2D eigenvalue weighted by atomic mass is 32.2. The number of hydrogen-bond donors (Lipinski definition) is 1. The molecule has 3 rings (SSSR count). The van der Waals surface area contributed by atoms with Crippen molar-refractivity contribution in [3.8, 4) is 0 Å². The van der Waals surface area contributed by atoms with Crippen LogP contribution in [0.2, 0.25) is 0 Å². The predicted octanol–water partition coefficient (Wildman–Crippen LogP) is 3.89. The molecule has 0 spiro atoms. The van der Waals surface area contributed by atoms with Crippen molar-refractivity contribution in [2.45, 2.75) is 51.5 Å². The molecule has 2 aromatic rings. The fourth-order valence-corrected chi connectivity index (χ4v) is 5.21. The van der Waals surface area contributed by atoms with Gasteiger partial charge in [0.15, 0.2) is 0 Å². The van der Waals surface area contributed by atoms with Gasteiger partial charge in [-0.05, 0) is 69.4 Å². The first-order valence-corrected chi connectivity index (χ1v) is 11.6. The van der Waals surface area contributed by atoms with Gasteiger partial charge in [-0.2, -0.15) is 4.31 Å². The highest BCUT2D eigenvalue weighted by molar-refractivity contribution is 7.89. The molecule has 0 saturated carbocycles. The monoisotopic (exact) mass is 414 g/mol. The molecule has 2 atom stereocenters. The molecule has 0 aromatic heterocycles. The van der Waals surface area contributed by atoms with E-state index in [1.165, 1.54) is 15.4 Å². The van der Waals surface area contributed by atoms with Gasteiger partial charge in [-0.1, -0.05) is 35.9 Å². The van der Waals surface area contributed by atoms with Crippen LogP contribution in [0, 0.1) is 26.7 Å². The second-order valence-electron chi connectivity index (χ2n) is 8.09. The third-order valence-corrected chi connectivity index (χ3v) is 7.68. The summed E-state index contributed by atoms with van der Waals surface area (Å²) in [4.78, 5) is 13.1. The van der Waals surface area contributed by atoms with E-state index in [2.05, 4.69) is 31.3 Å². The molecule has 6 heteroatoms. The van der Waals surface area contributed by atoms with E-state index in [0.29, 0.717) is 19.4 Å². The van der Waals surface area contributed by atoms with E-state index >= 15 is 0 Å². The first-order valence-electron chi connectivity index (χ1n) is 10.1. The average molecular weight is 415 g/mol. The lowest BCUT2D eigenvalue weighted by Gasteiger charge is -2.32. The second-order valence-corrected chi connectivity index (χ2v) is 10.0. The topological polar surface area (TPSA) is 66.5 Å². The molecule has 1 fully saturated rings. The Labute approximate surface area is 174 Å². The van der Waals surface area contributed by atoms with Crippen LogP contribution in [0.15, 0.2) is 47.4 Å². The van der Waals surface area contributed by atoms with E-state index in [4.69, 9.17) is 0 Å². The van der Waals surface area contributed by atoms with Crippen molar-refractivity contribution in [3.05, 3.63) is 64.7 Å². The zero-order valence-electron chi connectivity index (χ0n) is 17.6. The lowest BCUT2D eigenvalue weighted by Crippen LogP contribution is -2.45. The lowest BCUT2D eigenvalue weighted by molar-refractivity contribution is -0.126. The second kappa shape index (κ2) is 8.67. The van der Waals surface area contributed by atoms with Crippen molar-refractivity contribution in [1.29, 1.82) is 0 Å². The van der Waals surface area contributed by atoms with Gasteiger partial charge in [0.1, 0.15) is 0 Å². The Morgan fingerprint density at radius 2 is 1.76 bits per heavy atom. The highest BCUT2D eigenvalue weighted by Gasteiger charge is 2.33. The average Bonchev–Trinajstić information content (AvgIpc) is 2.70. The van der Waals surface area contributed by atoms with Gasteiger partial charge >= 0.3 is 0 Å². The molecule has 1 aliphatic heterocycles. The first kappa shape index (κ1) is 21.5. The van der Waals surface area contributed by atoms with Crippen LogP contribution in [-0.2, 0) is 14.8 Å². The molecule has 1 aliphatic rings. The number of nitrogens with zero attached hydrogens (tertiary/aromatic N) is 1. The Morgan fingerprint density at radius 3 is 2.41 bits per heavy atom. The molecule has 1 heterocycles. The SMILES string of the molecule is Cc1ccc(S(=O)(=O)N2CCC[C@H](C(=O)N[C@@H](C)c3ccc(C)c(C)c3)C2)cc1. The Bertz CT molecular complexity index is 984. The van der Waals surface area contributed by atoms with Crippen LogP contribution < -0.4 is 5.32 Å². The molecule has 1 saturated heterocycles. The van der Waals surface area contributed by atoms with Crippen molar-refractivity contribution in [2.24, 2.45) is 5.92 Å². The summed E-state index contributed by atoms with van der Waals surface area (Å²) < 4.78 is 27.4. The van der Waals surface area contributed by atoms with Crippen LogP contribution in [0.3, 0.4) is 0 Å². The van der Waals surface area contributed by atoms with Gasteiger partial charge in [0, 0.05) is 13.1 Å². The van der Waals surface area contributed by atoms with Crippen LogP contribution in [0.4, 0.5) is 0 Å². The molecule has 29 heavy (non-hydrogen) atoms. The summed E-state index contributed by atoms with van der Waals surface area (Å²) in [5.74, 6) is -0.419. The molecule has 2 aromatic carbocycles. The number of carbonyl (C=O) groups excluding carboxylic acids is 1. The van der Waals surface area contributed by atoms with Gasteiger partial charge in [0.25, 0.3) is 0 Å². The minimum absolute atomic E-state index is 0.0838. The number of amides is 1. The number of aryl methyl sites for hydroxylation is 3. The summed E-state index contributed by atoms with van der Waals surface area (Å²) in [5.41, 5.74) is 4.48. The summed E-state index contributed by atoms with van der Waals surface area (Å²) >= 11 is 0. The fraction of sp³-hybridized carbons (Fsp3) is 0.435.